The van der Waals surface area contributed by atoms with Gasteiger partial charge >= 0.3 is 0 Å². The second kappa shape index (κ2) is 14.8. The van der Waals surface area contributed by atoms with E-state index < -0.39 is 0 Å². The summed E-state index contributed by atoms with van der Waals surface area (Å²) in [7, 11) is 0. The van der Waals surface area contributed by atoms with Gasteiger partial charge in [0.1, 0.15) is 18.3 Å². The molecule has 2 fully saturated rings. The molecular weight excluding hydrogens is 544 g/mol. The number of anilines is 1. The minimum atomic E-state index is 0.213. The van der Waals surface area contributed by atoms with Gasteiger partial charge in [0.25, 0.3) is 0 Å². The number of aromatic nitrogens is 1. The highest BCUT2D eigenvalue weighted by Gasteiger charge is 2.32. The van der Waals surface area contributed by atoms with E-state index in [9.17, 15) is 5.11 Å². The lowest BCUT2D eigenvalue weighted by Crippen LogP contribution is -2.37. The first-order valence-corrected chi connectivity index (χ1v) is 15.6. The number of phenols is 1. The van der Waals surface area contributed by atoms with E-state index in [0.717, 1.165) is 45.3 Å². The summed E-state index contributed by atoms with van der Waals surface area (Å²) >= 11 is 0. The summed E-state index contributed by atoms with van der Waals surface area (Å²) in [5.74, 6) is 1.47. The predicted octanol–water partition coefficient (Wildman–Crippen LogP) is 7.68. The molecule has 0 spiro atoms. The second-order valence-corrected chi connectivity index (χ2v) is 11.6. The predicted molar refractivity (Wildman–Crippen MR) is 184 cm³/mol. The van der Waals surface area contributed by atoms with Gasteiger partial charge in [-0.15, -0.1) is 0 Å². The van der Waals surface area contributed by atoms with Crippen molar-refractivity contribution in [2.75, 3.05) is 25.1 Å². The van der Waals surface area contributed by atoms with Crippen LogP contribution in [0.5, 0.6) is 5.75 Å². The van der Waals surface area contributed by atoms with E-state index in [-0.39, 0.29) is 5.75 Å². The number of phenolic OH excluding ortho intramolecular Hbond substituents is 1. The number of benzene rings is 2. The molecule has 3 N–H and O–H groups in total. The van der Waals surface area contributed by atoms with Crippen LogP contribution < -0.4 is 10.6 Å². The van der Waals surface area contributed by atoms with E-state index in [1.165, 1.54) is 44.3 Å². The van der Waals surface area contributed by atoms with Gasteiger partial charge in [-0.25, -0.2) is 4.99 Å². The number of fused-ring (bicyclic) bond motifs is 1. The quantitative estimate of drug-likeness (QED) is 0.122. The third-order valence-corrected chi connectivity index (χ3v) is 8.75. The highest BCUT2D eigenvalue weighted by molar-refractivity contribution is 6.03. The van der Waals surface area contributed by atoms with Gasteiger partial charge in [-0.3, -0.25) is 9.98 Å². The number of allylic oxidation sites excluding steroid dienone is 1. The molecule has 7 nitrogen and oxygen atoms in total. The van der Waals surface area contributed by atoms with Crippen LogP contribution in [0.1, 0.15) is 61.8 Å². The fourth-order valence-electron chi connectivity index (χ4n) is 6.46. The zero-order chi connectivity index (χ0) is 30.9. The van der Waals surface area contributed by atoms with Gasteiger partial charge in [0.15, 0.2) is 0 Å². The van der Waals surface area contributed by atoms with Crippen LogP contribution in [0.3, 0.4) is 0 Å². The average Bonchev–Trinajstić information content (AvgIpc) is 3.51. The van der Waals surface area contributed by atoms with Crippen molar-refractivity contribution in [3.05, 3.63) is 108 Å². The van der Waals surface area contributed by atoms with Gasteiger partial charge in [0.2, 0.25) is 0 Å². The Morgan fingerprint density at radius 1 is 1.09 bits per heavy atom. The number of hydrogen-bond acceptors (Lipinski definition) is 6. The number of nitrogens with zero attached hydrogens (tertiary/aromatic N) is 4. The maximum Gasteiger partial charge on any atom is 0.135 e. The van der Waals surface area contributed by atoms with Crippen LogP contribution in [0.4, 0.5) is 5.69 Å². The van der Waals surface area contributed by atoms with Crippen molar-refractivity contribution < 1.29 is 5.11 Å². The van der Waals surface area contributed by atoms with E-state index in [1.54, 1.807) is 24.7 Å². The molecule has 5 rings (SSSR count). The molecule has 0 saturated carbocycles. The molecule has 2 saturated heterocycles. The summed E-state index contributed by atoms with van der Waals surface area (Å²) in [6.45, 7) is 14.4. The molecular formula is C37H44N6O. The molecule has 2 aromatic carbocycles. The summed E-state index contributed by atoms with van der Waals surface area (Å²) in [6.07, 6.45) is 13.0. The molecule has 3 aromatic rings. The van der Waals surface area contributed by atoms with E-state index >= 15 is 0 Å². The van der Waals surface area contributed by atoms with Crippen LogP contribution >= 0.6 is 0 Å². The van der Waals surface area contributed by atoms with E-state index in [2.05, 4.69) is 70.0 Å². The summed E-state index contributed by atoms with van der Waals surface area (Å²) in [5, 5.41) is 17.6. The number of aromatic hydroxyl groups is 1. The van der Waals surface area contributed by atoms with Gasteiger partial charge in [-0.05, 0) is 130 Å². The minimum absolute atomic E-state index is 0.213. The van der Waals surface area contributed by atoms with Crippen LogP contribution in [0, 0.1) is 6.92 Å². The van der Waals surface area contributed by atoms with E-state index in [1.807, 2.05) is 37.3 Å². The van der Waals surface area contributed by atoms with Crippen LogP contribution in [0.15, 0.2) is 101 Å². The highest BCUT2D eigenvalue weighted by atomic mass is 16.3. The molecule has 0 bridgehead atoms. The van der Waals surface area contributed by atoms with Gasteiger partial charge < -0.3 is 20.6 Å². The normalized spacial score (nSPS) is 19.4. The number of pyridine rings is 1. The zero-order valence-corrected chi connectivity index (χ0v) is 26.0. The van der Waals surface area contributed by atoms with Gasteiger partial charge in [-0.1, -0.05) is 37.8 Å². The average molecular weight is 589 g/mol. The Balaban J connectivity index is 1.29. The van der Waals surface area contributed by atoms with Crippen molar-refractivity contribution in [3.8, 4) is 16.9 Å². The zero-order valence-electron chi connectivity index (χ0n) is 26.0. The van der Waals surface area contributed by atoms with Crippen molar-refractivity contribution in [2.45, 2.75) is 57.9 Å². The number of hydrogen-bond donors (Lipinski definition) is 3. The highest BCUT2D eigenvalue weighted by Crippen LogP contribution is 2.36. The van der Waals surface area contributed by atoms with Crippen LogP contribution in [-0.4, -0.2) is 53.3 Å². The molecule has 0 amide bonds. The molecule has 228 valence electrons. The Morgan fingerprint density at radius 3 is 2.64 bits per heavy atom. The van der Waals surface area contributed by atoms with E-state index in [4.69, 9.17) is 4.99 Å². The first kappa shape index (κ1) is 31.0. The van der Waals surface area contributed by atoms with Crippen molar-refractivity contribution in [2.24, 2.45) is 9.98 Å². The minimum Gasteiger partial charge on any atom is -0.507 e. The fraction of sp³-hybridized carbons (Fsp3) is 0.324. The Labute approximate surface area is 261 Å². The number of piperidine rings is 1. The first-order chi connectivity index (χ1) is 21.5. The van der Waals surface area contributed by atoms with Gasteiger partial charge in [0, 0.05) is 41.0 Å². The van der Waals surface area contributed by atoms with Crippen LogP contribution in [0.25, 0.3) is 16.7 Å². The Hall–Kier alpha value is -4.49. The molecule has 3 heterocycles. The lowest BCUT2D eigenvalue weighted by Gasteiger charge is -2.35. The smallest absolute Gasteiger partial charge is 0.135 e. The van der Waals surface area contributed by atoms with Crippen LogP contribution in [-0.2, 0) is 0 Å². The molecule has 0 radical (unpaired) electrons. The third-order valence-electron chi connectivity index (χ3n) is 8.75. The monoisotopic (exact) mass is 588 g/mol. The molecule has 2 unspecified atom stereocenters. The number of nitrogens with one attached hydrogen (secondary N) is 2. The molecule has 0 aliphatic carbocycles. The number of aliphatic imine (C=N–C) groups is 2. The Morgan fingerprint density at radius 2 is 1.91 bits per heavy atom. The summed E-state index contributed by atoms with van der Waals surface area (Å²) in [4.78, 5) is 15.8. The van der Waals surface area contributed by atoms with Crippen molar-refractivity contribution in [1.82, 2.24) is 15.2 Å². The Kier molecular flexibility index (Phi) is 10.4. The Bertz CT molecular complexity index is 1550. The van der Waals surface area contributed by atoms with E-state index in [0.29, 0.717) is 24.8 Å². The standard InChI is InChI=1S/C37H44N6O/c1-5-27(35-14-11-29(23-36(35)44)30-15-17-40-26(3)20-30)21-32(24-38-4)37(39-6-2)42-25-41-33-12-9-28(10-13-33)31-16-19-43-18-7-8-34(43)22-31/h6,9-15,17,20-21,23-24,31,34,41,44H,2,4-5,7-8,16,18-19,22,25H2,1,3H3,(H,39,42)/b27-21+,32-24-. The van der Waals surface area contributed by atoms with Gasteiger partial charge in [-0.2, -0.15) is 0 Å². The summed E-state index contributed by atoms with van der Waals surface area (Å²) < 4.78 is 0. The summed E-state index contributed by atoms with van der Waals surface area (Å²) in [5.41, 5.74) is 7.78. The van der Waals surface area contributed by atoms with Gasteiger partial charge in [0.05, 0.1) is 0 Å². The van der Waals surface area contributed by atoms with Crippen molar-refractivity contribution in [3.63, 3.8) is 0 Å². The first-order valence-electron chi connectivity index (χ1n) is 15.6. The molecule has 2 aliphatic rings. The molecule has 2 aliphatic heterocycles. The lowest BCUT2D eigenvalue weighted by molar-refractivity contribution is 0.181. The third kappa shape index (κ3) is 7.53. The number of aryl methyl sites for hydroxylation is 1. The second-order valence-electron chi connectivity index (χ2n) is 11.6. The molecule has 2 atom stereocenters. The number of amidine groups is 1. The number of rotatable bonds is 11. The topological polar surface area (TPSA) is 85.1 Å². The fourth-order valence-corrected chi connectivity index (χ4v) is 6.46. The maximum absolute atomic E-state index is 11.0. The van der Waals surface area contributed by atoms with Crippen LogP contribution in [0.2, 0.25) is 0 Å². The largest absolute Gasteiger partial charge is 0.507 e. The molecule has 44 heavy (non-hydrogen) atoms. The summed E-state index contributed by atoms with van der Waals surface area (Å²) in [6, 6.07) is 19.3. The SMILES string of the molecule is C=CNC(=N/CNc1ccc(C2CCN3CCCC3C2)cc1)/C(=C\N=C)/C=C(\CC)c1ccc(-c2ccnc(C)c2)cc1O. The van der Waals surface area contributed by atoms with Crippen molar-refractivity contribution >= 4 is 23.8 Å². The molecule has 1 aromatic heterocycles. The molecule has 7 heteroatoms. The maximum atomic E-state index is 11.0. The van der Waals surface area contributed by atoms with Crippen molar-refractivity contribution in [1.29, 1.82) is 0 Å². The lowest BCUT2D eigenvalue weighted by atomic mass is 9.85.